The van der Waals surface area contributed by atoms with E-state index in [2.05, 4.69) is 10.3 Å². The Morgan fingerprint density at radius 2 is 1.88 bits per heavy atom. The highest BCUT2D eigenvalue weighted by atomic mass is 32.1. The summed E-state index contributed by atoms with van der Waals surface area (Å²) in [5, 5.41) is 5.51. The SMILES string of the molecule is COc1ccc(-c2cc(NC(=O)c3cc(C)n(-c4nccs4)c3C)ccc2OC(F)F)cc1. The van der Waals surface area contributed by atoms with E-state index in [1.54, 1.807) is 49.7 Å². The van der Waals surface area contributed by atoms with E-state index in [9.17, 15) is 13.6 Å². The second-order valence-electron chi connectivity index (χ2n) is 7.21. The number of halogens is 2. The molecule has 0 saturated carbocycles. The number of alkyl halides is 2. The van der Waals surface area contributed by atoms with E-state index in [1.165, 1.54) is 23.5 Å². The zero-order valence-corrected chi connectivity index (χ0v) is 19.0. The van der Waals surface area contributed by atoms with Crippen molar-refractivity contribution in [2.75, 3.05) is 12.4 Å². The normalized spacial score (nSPS) is 11.0. The van der Waals surface area contributed by atoms with Crippen LogP contribution in [0.25, 0.3) is 16.3 Å². The van der Waals surface area contributed by atoms with Gasteiger partial charge in [0.15, 0.2) is 5.13 Å². The number of nitrogens with one attached hydrogen (secondary N) is 1. The number of benzene rings is 2. The molecular formula is C24H21F2N3O3S. The first-order valence-corrected chi connectivity index (χ1v) is 10.9. The third-order valence-corrected chi connectivity index (χ3v) is 5.90. The van der Waals surface area contributed by atoms with Gasteiger partial charge in [-0.2, -0.15) is 8.78 Å². The van der Waals surface area contributed by atoms with Crippen molar-refractivity contribution in [2.45, 2.75) is 20.5 Å². The standard InChI is InChI=1S/C24H21F2N3O3S/c1-14-12-19(15(2)29(14)24-27-10-11-33-24)22(30)28-17-6-9-21(32-23(25)26)20(13-17)16-4-7-18(31-3)8-5-16/h4-13,23H,1-3H3,(H,28,30). The molecule has 33 heavy (non-hydrogen) atoms. The fourth-order valence-corrected chi connectivity index (χ4v) is 4.37. The Morgan fingerprint density at radius 1 is 1.12 bits per heavy atom. The molecule has 4 aromatic rings. The van der Waals surface area contributed by atoms with Crippen LogP contribution in [0.15, 0.2) is 60.1 Å². The molecule has 0 aliphatic heterocycles. The number of ether oxygens (including phenoxy) is 2. The van der Waals surface area contributed by atoms with E-state index in [-0.39, 0.29) is 11.7 Å². The average molecular weight is 470 g/mol. The zero-order chi connectivity index (χ0) is 23.5. The quantitative estimate of drug-likeness (QED) is 0.356. The Labute approximate surface area is 193 Å². The predicted octanol–water partition coefficient (Wildman–Crippen LogP) is 6.08. The van der Waals surface area contributed by atoms with Crippen molar-refractivity contribution >= 4 is 22.9 Å². The summed E-state index contributed by atoms with van der Waals surface area (Å²) in [7, 11) is 1.54. The van der Waals surface area contributed by atoms with Gasteiger partial charge in [0.1, 0.15) is 11.5 Å². The van der Waals surface area contributed by atoms with E-state index in [4.69, 9.17) is 9.47 Å². The van der Waals surface area contributed by atoms with Crippen molar-refractivity contribution in [3.8, 4) is 27.8 Å². The maximum atomic E-state index is 13.1. The molecule has 0 spiro atoms. The Hall–Kier alpha value is -3.72. The average Bonchev–Trinajstić information content (AvgIpc) is 3.42. The molecule has 0 bridgehead atoms. The summed E-state index contributed by atoms with van der Waals surface area (Å²) in [6, 6.07) is 13.3. The van der Waals surface area contributed by atoms with Crippen LogP contribution < -0.4 is 14.8 Å². The molecule has 4 rings (SSSR count). The summed E-state index contributed by atoms with van der Waals surface area (Å²) in [5.41, 5.74) is 3.65. The minimum Gasteiger partial charge on any atom is -0.497 e. The largest absolute Gasteiger partial charge is 0.497 e. The number of hydrogen-bond donors (Lipinski definition) is 1. The van der Waals surface area contributed by atoms with Crippen LogP contribution in [0.3, 0.4) is 0 Å². The van der Waals surface area contributed by atoms with E-state index < -0.39 is 6.61 Å². The van der Waals surface area contributed by atoms with Crippen molar-refractivity contribution in [2.24, 2.45) is 0 Å². The van der Waals surface area contributed by atoms with Crippen LogP contribution in [0.2, 0.25) is 0 Å². The number of carbonyl (C=O) groups is 1. The van der Waals surface area contributed by atoms with Crippen molar-refractivity contribution < 1.29 is 23.0 Å². The molecule has 1 amide bonds. The minimum atomic E-state index is -2.97. The number of aromatic nitrogens is 2. The van der Waals surface area contributed by atoms with Crippen molar-refractivity contribution in [1.82, 2.24) is 9.55 Å². The summed E-state index contributed by atoms with van der Waals surface area (Å²) in [6.07, 6.45) is 1.71. The smallest absolute Gasteiger partial charge is 0.387 e. The van der Waals surface area contributed by atoms with Crippen LogP contribution in [0.1, 0.15) is 21.7 Å². The summed E-state index contributed by atoms with van der Waals surface area (Å²) >= 11 is 1.48. The molecule has 2 aromatic carbocycles. The molecule has 0 fully saturated rings. The number of carbonyl (C=O) groups excluding carboxylic acids is 1. The van der Waals surface area contributed by atoms with Gasteiger partial charge in [0, 0.05) is 34.2 Å². The number of rotatable bonds is 7. The fourth-order valence-electron chi connectivity index (χ4n) is 3.61. The Balaban J connectivity index is 1.66. The monoisotopic (exact) mass is 469 g/mol. The first kappa shape index (κ1) is 22.5. The third kappa shape index (κ3) is 4.73. The number of nitrogens with zero attached hydrogens (tertiary/aromatic N) is 2. The highest BCUT2D eigenvalue weighted by Crippen LogP contribution is 2.35. The molecular weight excluding hydrogens is 448 g/mol. The molecule has 0 atom stereocenters. The molecule has 2 aromatic heterocycles. The molecule has 0 aliphatic rings. The van der Waals surface area contributed by atoms with Gasteiger partial charge in [-0.05, 0) is 55.8 Å². The van der Waals surface area contributed by atoms with Gasteiger partial charge < -0.3 is 14.8 Å². The topological polar surface area (TPSA) is 65.4 Å². The van der Waals surface area contributed by atoms with Crippen LogP contribution >= 0.6 is 11.3 Å². The van der Waals surface area contributed by atoms with Crippen LogP contribution in [0.4, 0.5) is 14.5 Å². The summed E-state index contributed by atoms with van der Waals surface area (Å²) in [6.45, 7) is 0.786. The molecule has 6 nitrogen and oxygen atoms in total. The lowest BCUT2D eigenvalue weighted by Gasteiger charge is -2.14. The van der Waals surface area contributed by atoms with E-state index in [0.29, 0.717) is 28.1 Å². The molecule has 2 heterocycles. The maximum Gasteiger partial charge on any atom is 0.387 e. The Kier molecular flexibility index (Phi) is 6.41. The highest BCUT2D eigenvalue weighted by molar-refractivity contribution is 7.12. The number of amides is 1. The number of methoxy groups -OCH3 is 1. The zero-order valence-electron chi connectivity index (χ0n) is 18.1. The van der Waals surface area contributed by atoms with Crippen LogP contribution in [-0.2, 0) is 0 Å². The van der Waals surface area contributed by atoms with Crippen LogP contribution in [0.5, 0.6) is 11.5 Å². The van der Waals surface area contributed by atoms with Crippen molar-refractivity contribution in [3.63, 3.8) is 0 Å². The van der Waals surface area contributed by atoms with Gasteiger partial charge in [0.2, 0.25) is 0 Å². The van der Waals surface area contributed by atoms with E-state index >= 15 is 0 Å². The molecule has 0 radical (unpaired) electrons. The first-order chi connectivity index (χ1) is 15.9. The van der Waals surface area contributed by atoms with E-state index in [1.807, 2.05) is 23.8 Å². The van der Waals surface area contributed by atoms with Crippen LogP contribution in [0, 0.1) is 13.8 Å². The molecule has 0 saturated heterocycles. The van der Waals surface area contributed by atoms with Gasteiger partial charge in [-0.1, -0.05) is 12.1 Å². The van der Waals surface area contributed by atoms with Gasteiger partial charge in [-0.15, -0.1) is 11.3 Å². The molecule has 170 valence electrons. The van der Waals surface area contributed by atoms with Gasteiger partial charge in [0.25, 0.3) is 5.91 Å². The molecule has 0 unspecified atom stereocenters. The number of anilines is 1. The minimum absolute atomic E-state index is 0.00936. The van der Waals surface area contributed by atoms with Gasteiger partial charge in [-0.3, -0.25) is 9.36 Å². The third-order valence-electron chi connectivity index (χ3n) is 5.14. The number of thiazole rings is 1. The summed E-state index contributed by atoms with van der Waals surface area (Å²) < 4.78 is 37.7. The predicted molar refractivity (Wildman–Crippen MR) is 124 cm³/mol. The van der Waals surface area contributed by atoms with Crippen LogP contribution in [-0.4, -0.2) is 29.2 Å². The lowest BCUT2D eigenvalue weighted by molar-refractivity contribution is -0.0494. The Morgan fingerprint density at radius 3 is 2.52 bits per heavy atom. The van der Waals surface area contributed by atoms with Gasteiger partial charge in [0.05, 0.1) is 12.7 Å². The van der Waals surface area contributed by atoms with Gasteiger partial charge >= 0.3 is 6.61 Å². The number of hydrogen-bond acceptors (Lipinski definition) is 5. The first-order valence-electron chi connectivity index (χ1n) is 10.0. The summed E-state index contributed by atoms with van der Waals surface area (Å²) in [5.74, 6) is 0.333. The fraction of sp³-hybridized carbons (Fsp3) is 0.167. The van der Waals surface area contributed by atoms with E-state index in [0.717, 1.165) is 16.5 Å². The Bertz CT molecular complexity index is 1270. The highest BCUT2D eigenvalue weighted by Gasteiger charge is 2.19. The van der Waals surface area contributed by atoms with Crippen molar-refractivity contribution in [3.05, 3.63) is 77.1 Å². The molecule has 1 N–H and O–H groups in total. The van der Waals surface area contributed by atoms with Crippen molar-refractivity contribution in [1.29, 1.82) is 0 Å². The molecule has 9 heteroatoms. The summed E-state index contributed by atoms with van der Waals surface area (Å²) in [4.78, 5) is 17.4. The maximum absolute atomic E-state index is 13.1. The second-order valence-corrected chi connectivity index (χ2v) is 8.08. The lowest BCUT2D eigenvalue weighted by Crippen LogP contribution is -2.13. The van der Waals surface area contributed by atoms with Gasteiger partial charge in [-0.25, -0.2) is 4.98 Å². The number of aryl methyl sites for hydroxylation is 1. The lowest BCUT2D eigenvalue weighted by atomic mass is 10.0. The second kappa shape index (κ2) is 9.41. The molecule has 0 aliphatic carbocycles.